The average Bonchev–Trinajstić information content (AvgIpc) is 2.97. The predicted octanol–water partition coefficient (Wildman–Crippen LogP) is 3.45. The Morgan fingerprint density at radius 3 is 2.83 bits per heavy atom. The summed E-state index contributed by atoms with van der Waals surface area (Å²) in [6.45, 7) is 6.24. The van der Waals surface area contributed by atoms with Crippen molar-refractivity contribution < 1.29 is 14.3 Å². The Hall–Kier alpha value is -2.25. The van der Waals surface area contributed by atoms with Crippen LogP contribution >= 0.6 is 11.3 Å². The van der Waals surface area contributed by atoms with Gasteiger partial charge in [-0.2, -0.15) is 0 Å². The van der Waals surface area contributed by atoms with Crippen molar-refractivity contribution in [2.24, 2.45) is 0 Å². The number of aryl methyl sites for hydroxylation is 1. The molecule has 2 N–H and O–H groups in total. The minimum absolute atomic E-state index is 0.232. The number of carbonyl (C=O) groups excluding carboxylic acids is 1. The third kappa shape index (κ3) is 4.18. The SMILES string of the molecule is CCOC(C)Nc1sc(C(=O)OC)cc1C(=N)c1ccnc(C)c1. The molecule has 0 fully saturated rings. The first-order valence-corrected chi connectivity index (χ1v) is 8.40. The lowest BCUT2D eigenvalue weighted by molar-refractivity contribution is 0.0606. The number of esters is 1. The highest BCUT2D eigenvalue weighted by atomic mass is 32.1. The average molecular weight is 347 g/mol. The maximum Gasteiger partial charge on any atom is 0.348 e. The van der Waals surface area contributed by atoms with Crippen molar-refractivity contribution in [1.29, 1.82) is 5.41 Å². The summed E-state index contributed by atoms with van der Waals surface area (Å²) in [5, 5.41) is 12.4. The molecule has 7 heteroatoms. The summed E-state index contributed by atoms with van der Waals surface area (Å²) in [5.41, 5.74) is 2.53. The number of anilines is 1. The Labute approximate surface area is 145 Å². The van der Waals surface area contributed by atoms with E-state index >= 15 is 0 Å². The van der Waals surface area contributed by atoms with Crippen LogP contribution in [0.2, 0.25) is 0 Å². The molecule has 128 valence electrons. The summed E-state index contributed by atoms with van der Waals surface area (Å²) in [6.07, 6.45) is 1.44. The molecule has 0 aliphatic carbocycles. The van der Waals surface area contributed by atoms with Crippen LogP contribution in [-0.2, 0) is 9.47 Å². The van der Waals surface area contributed by atoms with E-state index in [1.54, 1.807) is 18.3 Å². The van der Waals surface area contributed by atoms with Crippen molar-refractivity contribution in [3.63, 3.8) is 0 Å². The van der Waals surface area contributed by atoms with Crippen LogP contribution in [-0.4, -0.2) is 36.6 Å². The van der Waals surface area contributed by atoms with Gasteiger partial charge in [0, 0.05) is 29.6 Å². The van der Waals surface area contributed by atoms with Crippen LogP contribution in [0.25, 0.3) is 0 Å². The number of methoxy groups -OCH3 is 1. The topological polar surface area (TPSA) is 84.3 Å². The molecule has 0 bridgehead atoms. The van der Waals surface area contributed by atoms with Crippen molar-refractivity contribution in [1.82, 2.24) is 4.98 Å². The van der Waals surface area contributed by atoms with Crippen molar-refractivity contribution in [3.8, 4) is 0 Å². The number of nitrogens with zero attached hydrogens (tertiary/aromatic N) is 1. The Kier molecular flexibility index (Phi) is 6.05. The van der Waals surface area contributed by atoms with Crippen LogP contribution in [0.4, 0.5) is 5.00 Å². The standard InChI is InChI=1S/C17H21N3O3S/c1-5-23-11(3)20-16-13(9-14(24-16)17(21)22-4)15(18)12-6-7-19-10(2)8-12/h6-9,11,18,20H,5H2,1-4H3. The van der Waals surface area contributed by atoms with Crippen LogP contribution in [0, 0.1) is 12.3 Å². The molecule has 2 aromatic heterocycles. The largest absolute Gasteiger partial charge is 0.465 e. The second kappa shape index (κ2) is 8.03. The van der Waals surface area contributed by atoms with E-state index in [0.29, 0.717) is 27.8 Å². The Morgan fingerprint density at radius 1 is 1.46 bits per heavy atom. The van der Waals surface area contributed by atoms with E-state index < -0.39 is 5.97 Å². The van der Waals surface area contributed by atoms with Crippen LogP contribution < -0.4 is 5.32 Å². The molecular weight excluding hydrogens is 326 g/mol. The fourth-order valence-electron chi connectivity index (χ4n) is 2.22. The zero-order valence-corrected chi connectivity index (χ0v) is 15.0. The van der Waals surface area contributed by atoms with E-state index in [9.17, 15) is 4.79 Å². The number of ether oxygens (including phenoxy) is 2. The zero-order chi connectivity index (χ0) is 17.7. The lowest BCUT2D eigenvalue weighted by atomic mass is 10.0. The van der Waals surface area contributed by atoms with Gasteiger partial charge in [0.05, 0.1) is 12.8 Å². The molecule has 2 heterocycles. The minimum atomic E-state index is -0.419. The lowest BCUT2D eigenvalue weighted by Gasteiger charge is -2.15. The number of thiophene rings is 1. The molecule has 6 nitrogen and oxygen atoms in total. The smallest absolute Gasteiger partial charge is 0.348 e. The van der Waals surface area contributed by atoms with Crippen LogP contribution in [0.15, 0.2) is 24.4 Å². The summed E-state index contributed by atoms with van der Waals surface area (Å²) in [7, 11) is 1.34. The molecule has 24 heavy (non-hydrogen) atoms. The molecule has 0 spiro atoms. The Morgan fingerprint density at radius 2 is 2.21 bits per heavy atom. The number of carbonyl (C=O) groups is 1. The van der Waals surface area contributed by atoms with E-state index in [0.717, 1.165) is 11.3 Å². The summed E-state index contributed by atoms with van der Waals surface area (Å²) in [6, 6.07) is 5.30. The molecule has 0 aliphatic rings. The van der Waals surface area contributed by atoms with Gasteiger partial charge >= 0.3 is 5.97 Å². The van der Waals surface area contributed by atoms with Gasteiger partial charge in [-0.1, -0.05) is 0 Å². The van der Waals surface area contributed by atoms with Crippen molar-refractivity contribution in [3.05, 3.63) is 46.1 Å². The fourth-order valence-corrected chi connectivity index (χ4v) is 3.28. The van der Waals surface area contributed by atoms with E-state index in [1.807, 2.05) is 26.8 Å². The first kappa shape index (κ1) is 18.1. The van der Waals surface area contributed by atoms with E-state index in [4.69, 9.17) is 14.9 Å². The zero-order valence-electron chi connectivity index (χ0n) is 14.2. The maximum absolute atomic E-state index is 11.9. The monoisotopic (exact) mass is 347 g/mol. The Bertz CT molecular complexity index is 742. The number of pyridine rings is 1. The summed E-state index contributed by atoms with van der Waals surface area (Å²) in [4.78, 5) is 16.4. The van der Waals surface area contributed by atoms with E-state index in [-0.39, 0.29) is 6.23 Å². The van der Waals surface area contributed by atoms with Crippen LogP contribution in [0.3, 0.4) is 0 Å². The van der Waals surface area contributed by atoms with Gasteiger partial charge in [0.2, 0.25) is 0 Å². The molecule has 0 saturated heterocycles. The van der Waals surface area contributed by atoms with Gasteiger partial charge < -0.3 is 14.8 Å². The predicted molar refractivity (Wildman–Crippen MR) is 95.3 cm³/mol. The van der Waals surface area contributed by atoms with Gasteiger partial charge in [0.15, 0.2) is 0 Å². The van der Waals surface area contributed by atoms with Gasteiger partial charge in [-0.05, 0) is 39.0 Å². The normalized spacial score (nSPS) is 11.8. The molecule has 1 atom stereocenters. The molecular formula is C17H21N3O3S. The first-order valence-electron chi connectivity index (χ1n) is 7.58. The summed E-state index contributed by atoms with van der Waals surface area (Å²) >= 11 is 1.25. The van der Waals surface area contributed by atoms with Gasteiger partial charge in [0.25, 0.3) is 0 Å². The van der Waals surface area contributed by atoms with E-state index in [2.05, 4.69) is 10.3 Å². The highest BCUT2D eigenvalue weighted by Gasteiger charge is 2.20. The number of nitrogens with one attached hydrogen (secondary N) is 2. The van der Waals surface area contributed by atoms with Gasteiger partial charge in [-0.3, -0.25) is 10.4 Å². The molecule has 2 rings (SSSR count). The third-order valence-electron chi connectivity index (χ3n) is 3.32. The van der Waals surface area contributed by atoms with Crippen LogP contribution in [0.1, 0.15) is 40.3 Å². The minimum Gasteiger partial charge on any atom is -0.465 e. The molecule has 0 aliphatic heterocycles. The third-order valence-corrected chi connectivity index (χ3v) is 4.37. The van der Waals surface area contributed by atoms with Gasteiger partial charge in [0.1, 0.15) is 16.1 Å². The van der Waals surface area contributed by atoms with Gasteiger partial charge in [-0.15, -0.1) is 11.3 Å². The second-order valence-electron chi connectivity index (χ2n) is 5.15. The number of hydrogen-bond donors (Lipinski definition) is 2. The fraction of sp³-hybridized carbons (Fsp3) is 0.353. The van der Waals surface area contributed by atoms with Crippen LogP contribution in [0.5, 0.6) is 0 Å². The number of hydrogen-bond acceptors (Lipinski definition) is 7. The second-order valence-corrected chi connectivity index (χ2v) is 6.20. The van der Waals surface area contributed by atoms with Crippen molar-refractivity contribution >= 4 is 28.0 Å². The highest BCUT2D eigenvalue weighted by molar-refractivity contribution is 7.18. The molecule has 0 aromatic carbocycles. The van der Waals surface area contributed by atoms with Crippen molar-refractivity contribution in [2.75, 3.05) is 19.0 Å². The first-order chi connectivity index (χ1) is 11.5. The maximum atomic E-state index is 11.9. The molecule has 0 radical (unpaired) electrons. The molecule has 1 unspecified atom stereocenters. The molecule has 0 saturated carbocycles. The Balaban J connectivity index is 2.40. The number of aromatic nitrogens is 1. The lowest BCUT2D eigenvalue weighted by Crippen LogP contribution is -2.19. The molecule has 2 aromatic rings. The summed E-state index contributed by atoms with van der Waals surface area (Å²) in [5.74, 6) is -0.419. The highest BCUT2D eigenvalue weighted by Crippen LogP contribution is 2.31. The molecule has 0 amide bonds. The summed E-state index contributed by atoms with van der Waals surface area (Å²) < 4.78 is 10.3. The quantitative estimate of drug-likeness (QED) is 0.455. The number of rotatable bonds is 7. The van der Waals surface area contributed by atoms with E-state index in [1.165, 1.54) is 18.4 Å². The van der Waals surface area contributed by atoms with Crippen molar-refractivity contribution in [2.45, 2.75) is 27.0 Å². The van der Waals surface area contributed by atoms with Gasteiger partial charge in [-0.25, -0.2) is 4.79 Å².